The topological polar surface area (TPSA) is 78.6 Å². The number of benzene rings is 2. The van der Waals surface area contributed by atoms with Crippen LogP contribution in [0.1, 0.15) is 30.0 Å². The van der Waals surface area contributed by atoms with Crippen LogP contribution in [0.4, 0.5) is 13.2 Å². The lowest BCUT2D eigenvalue weighted by Crippen LogP contribution is -2.41. The molecular formula is C23H25F3NO4P. The van der Waals surface area contributed by atoms with Crippen molar-refractivity contribution in [3.63, 3.8) is 0 Å². The fourth-order valence-electron chi connectivity index (χ4n) is 3.96. The zero-order valence-corrected chi connectivity index (χ0v) is 18.5. The molecule has 2 N–H and O–H groups in total. The second-order valence-electron chi connectivity index (χ2n) is 7.75. The first-order valence-corrected chi connectivity index (χ1v) is 11.9. The largest absolute Gasteiger partial charge is 0.460 e. The van der Waals surface area contributed by atoms with Crippen molar-refractivity contribution in [1.82, 2.24) is 0 Å². The second-order valence-corrected chi connectivity index (χ2v) is 10.4. The van der Waals surface area contributed by atoms with E-state index in [2.05, 4.69) is 6.58 Å². The van der Waals surface area contributed by atoms with E-state index >= 15 is 0 Å². The number of esters is 1. The van der Waals surface area contributed by atoms with Crippen LogP contribution in [-0.4, -0.2) is 23.3 Å². The number of halogens is 3. The number of alkyl halides is 3. The summed E-state index contributed by atoms with van der Waals surface area (Å²) in [6.07, 6.45) is -4.07. The Bertz CT molecular complexity index is 1040. The van der Waals surface area contributed by atoms with Crippen LogP contribution in [0.25, 0.3) is 0 Å². The predicted molar refractivity (Wildman–Crippen MR) is 115 cm³/mol. The van der Waals surface area contributed by atoms with Gasteiger partial charge in [-0.3, -0.25) is 9.36 Å². The molecule has 5 nitrogen and oxygen atoms in total. The Morgan fingerprint density at radius 3 is 2.38 bits per heavy atom. The quantitative estimate of drug-likeness (QED) is 0.308. The molecule has 2 aromatic carbocycles. The summed E-state index contributed by atoms with van der Waals surface area (Å²) in [5.41, 5.74) is 4.41. The van der Waals surface area contributed by atoms with Gasteiger partial charge in [-0.1, -0.05) is 54.6 Å². The summed E-state index contributed by atoms with van der Waals surface area (Å²) in [6, 6.07) is 13.6. The summed E-state index contributed by atoms with van der Waals surface area (Å²) in [4.78, 5) is 13.2. The summed E-state index contributed by atoms with van der Waals surface area (Å²) in [5.74, 6) is -0.870. The van der Waals surface area contributed by atoms with Gasteiger partial charge in [-0.15, -0.1) is 6.58 Å². The minimum atomic E-state index is -4.66. The molecule has 1 aliphatic carbocycles. The molecule has 0 amide bonds. The minimum absolute atomic E-state index is 0.0770. The molecule has 0 heterocycles. The van der Waals surface area contributed by atoms with Gasteiger partial charge in [0.2, 0.25) is 7.37 Å². The van der Waals surface area contributed by atoms with Crippen LogP contribution in [-0.2, 0) is 37.6 Å². The van der Waals surface area contributed by atoms with Crippen molar-refractivity contribution in [2.75, 3.05) is 6.61 Å². The number of carbonyl (C=O) groups excluding carboxylic acids is 1. The molecule has 0 radical (unpaired) electrons. The fraction of sp³-hybridized carbons (Fsp3) is 0.348. The van der Waals surface area contributed by atoms with Crippen molar-refractivity contribution in [2.24, 2.45) is 5.73 Å². The number of carbonyl (C=O) groups is 1. The van der Waals surface area contributed by atoms with Crippen LogP contribution in [0.2, 0.25) is 0 Å². The maximum atomic E-state index is 14.2. The van der Waals surface area contributed by atoms with Gasteiger partial charge >= 0.3 is 12.1 Å². The molecule has 3 unspecified atom stereocenters. The molecule has 32 heavy (non-hydrogen) atoms. The fourth-order valence-corrected chi connectivity index (χ4v) is 7.25. The van der Waals surface area contributed by atoms with Gasteiger partial charge in [-0.05, 0) is 30.5 Å². The SMILES string of the molecule is C=CC1(N)CC1(C(=O)OCc1ccccc1)P(=O)(Cc1ccccc1C(F)(F)F)OCC. The number of ether oxygens (including phenoxy) is 1. The van der Waals surface area contributed by atoms with Crippen molar-refractivity contribution in [3.8, 4) is 0 Å². The summed E-state index contributed by atoms with van der Waals surface area (Å²) < 4.78 is 65.8. The van der Waals surface area contributed by atoms with E-state index in [1.807, 2.05) is 0 Å². The molecule has 1 aliphatic rings. The van der Waals surface area contributed by atoms with E-state index in [1.54, 1.807) is 37.3 Å². The van der Waals surface area contributed by atoms with Crippen molar-refractivity contribution < 1.29 is 31.8 Å². The smallest absolute Gasteiger partial charge is 0.416 e. The molecule has 0 spiro atoms. The first-order chi connectivity index (χ1) is 15.0. The highest BCUT2D eigenvalue weighted by Gasteiger charge is 2.79. The third-order valence-electron chi connectivity index (χ3n) is 5.73. The minimum Gasteiger partial charge on any atom is -0.460 e. The molecule has 3 rings (SSSR count). The number of rotatable bonds is 9. The van der Waals surface area contributed by atoms with E-state index in [0.29, 0.717) is 5.56 Å². The van der Waals surface area contributed by atoms with E-state index in [0.717, 1.165) is 6.07 Å². The average molecular weight is 467 g/mol. The van der Waals surface area contributed by atoms with Crippen LogP contribution >= 0.6 is 7.37 Å². The van der Waals surface area contributed by atoms with Crippen molar-refractivity contribution in [3.05, 3.63) is 83.9 Å². The average Bonchev–Trinajstić information content (AvgIpc) is 3.41. The van der Waals surface area contributed by atoms with Gasteiger partial charge in [0.25, 0.3) is 0 Å². The molecule has 0 saturated heterocycles. The van der Waals surface area contributed by atoms with Gasteiger partial charge in [0, 0.05) is 0 Å². The molecule has 2 aromatic rings. The first-order valence-electron chi connectivity index (χ1n) is 10.1. The van der Waals surface area contributed by atoms with Crippen LogP contribution < -0.4 is 5.73 Å². The van der Waals surface area contributed by atoms with Crippen LogP contribution in [0.15, 0.2) is 67.3 Å². The van der Waals surface area contributed by atoms with Crippen LogP contribution in [0.5, 0.6) is 0 Å². The second kappa shape index (κ2) is 8.85. The van der Waals surface area contributed by atoms with E-state index in [-0.39, 0.29) is 25.2 Å². The number of hydrogen-bond acceptors (Lipinski definition) is 5. The Kier molecular flexibility index (Phi) is 6.70. The Labute approximate surface area is 184 Å². The molecule has 1 fully saturated rings. The Morgan fingerprint density at radius 2 is 1.81 bits per heavy atom. The van der Waals surface area contributed by atoms with Gasteiger partial charge in [0.15, 0.2) is 5.16 Å². The van der Waals surface area contributed by atoms with Crippen molar-refractivity contribution >= 4 is 13.3 Å². The molecule has 3 atom stereocenters. The predicted octanol–water partition coefficient (Wildman–Crippen LogP) is 5.29. The molecular weight excluding hydrogens is 442 g/mol. The summed E-state index contributed by atoms with van der Waals surface area (Å²) in [5, 5.41) is -1.81. The molecule has 0 aromatic heterocycles. The maximum absolute atomic E-state index is 14.2. The third kappa shape index (κ3) is 4.27. The molecule has 9 heteroatoms. The monoisotopic (exact) mass is 467 g/mol. The lowest BCUT2D eigenvalue weighted by atomic mass is 10.1. The van der Waals surface area contributed by atoms with Gasteiger partial charge < -0.3 is 15.0 Å². The number of hydrogen-bond donors (Lipinski definition) is 1. The number of nitrogens with two attached hydrogens (primary N) is 1. The van der Waals surface area contributed by atoms with E-state index in [4.69, 9.17) is 15.0 Å². The van der Waals surface area contributed by atoms with E-state index in [9.17, 15) is 22.5 Å². The lowest BCUT2D eigenvalue weighted by molar-refractivity contribution is -0.146. The zero-order valence-electron chi connectivity index (χ0n) is 17.6. The summed E-state index contributed by atoms with van der Waals surface area (Å²) in [7, 11) is -4.12. The maximum Gasteiger partial charge on any atom is 0.416 e. The Morgan fingerprint density at radius 1 is 1.19 bits per heavy atom. The summed E-state index contributed by atoms with van der Waals surface area (Å²) >= 11 is 0. The molecule has 0 aliphatic heterocycles. The molecule has 172 valence electrons. The highest BCUT2D eigenvalue weighted by atomic mass is 31.2. The normalized spacial score (nSPS) is 24.4. The first kappa shape index (κ1) is 24.2. The van der Waals surface area contributed by atoms with Crippen LogP contribution in [0.3, 0.4) is 0 Å². The molecule has 1 saturated carbocycles. The van der Waals surface area contributed by atoms with Crippen molar-refractivity contribution in [1.29, 1.82) is 0 Å². The van der Waals surface area contributed by atoms with Crippen molar-refractivity contribution in [2.45, 2.75) is 43.0 Å². The van der Waals surface area contributed by atoms with E-state index < -0.39 is 41.9 Å². The molecule has 0 bridgehead atoms. The highest BCUT2D eigenvalue weighted by Crippen LogP contribution is 2.76. The van der Waals surface area contributed by atoms with Gasteiger partial charge in [0.1, 0.15) is 6.61 Å². The van der Waals surface area contributed by atoms with Crippen LogP contribution in [0, 0.1) is 0 Å². The Balaban J connectivity index is 1.99. The Hall–Kier alpha value is -2.41. The summed E-state index contributed by atoms with van der Waals surface area (Å²) in [6.45, 7) is 5.02. The highest BCUT2D eigenvalue weighted by molar-refractivity contribution is 7.61. The third-order valence-corrected chi connectivity index (χ3v) is 9.08. The zero-order chi connectivity index (χ0) is 23.6. The lowest BCUT2D eigenvalue weighted by Gasteiger charge is -2.29. The van der Waals surface area contributed by atoms with Gasteiger partial charge in [-0.25, -0.2) is 0 Å². The van der Waals surface area contributed by atoms with E-state index in [1.165, 1.54) is 24.3 Å². The standard InChI is InChI=1S/C23H25F3NO4P/c1-3-21(27)16-22(21,20(28)30-14-17-10-6-5-7-11-17)32(29,31-4-2)15-18-12-8-9-13-19(18)23(24,25)26/h3,5-13H,1,4,14-16,27H2,2H3. The van der Waals surface area contributed by atoms with Gasteiger partial charge in [-0.2, -0.15) is 13.2 Å². The van der Waals surface area contributed by atoms with Gasteiger partial charge in [0.05, 0.1) is 23.9 Å².